The highest BCUT2D eigenvalue weighted by Crippen LogP contribution is 2.47. The summed E-state index contributed by atoms with van der Waals surface area (Å²) in [5.74, 6) is -0.713. The fraction of sp³-hybridized carbons (Fsp3) is 0.556. The molecule has 0 atom stereocenters. The summed E-state index contributed by atoms with van der Waals surface area (Å²) >= 11 is 1.57. The SMILES string of the molecule is O=C(O)CC1(c2nccs2)CCC1. The maximum Gasteiger partial charge on any atom is 0.304 e. The second-order valence-corrected chi connectivity index (χ2v) is 4.44. The van der Waals surface area contributed by atoms with E-state index in [0.717, 1.165) is 24.3 Å². The van der Waals surface area contributed by atoms with Gasteiger partial charge in [-0.2, -0.15) is 0 Å². The molecule has 0 amide bonds. The van der Waals surface area contributed by atoms with Crippen molar-refractivity contribution in [3.05, 3.63) is 16.6 Å². The standard InChI is InChI=1S/C9H11NO2S/c11-7(12)6-9(2-1-3-9)8-10-4-5-13-8/h4-5H,1-3,6H2,(H,11,12). The molecule has 2 rings (SSSR count). The van der Waals surface area contributed by atoms with Crippen LogP contribution in [0.25, 0.3) is 0 Å². The van der Waals surface area contributed by atoms with Gasteiger partial charge < -0.3 is 5.11 Å². The molecule has 0 aromatic carbocycles. The van der Waals surface area contributed by atoms with E-state index in [1.165, 1.54) is 0 Å². The maximum absolute atomic E-state index is 10.7. The van der Waals surface area contributed by atoms with Gasteiger partial charge in [-0.3, -0.25) is 4.79 Å². The Morgan fingerprint density at radius 3 is 2.85 bits per heavy atom. The molecule has 1 saturated carbocycles. The van der Waals surface area contributed by atoms with Crippen molar-refractivity contribution < 1.29 is 9.90 Å². The van der Waals surface area contributed by atoms with E-state index >= 15 is 0 Å². The number of rotatable bonds is 3. The van der Waals surface area contributed by atoms with Crippen LogP contribution in [0.1, 0.15) is 30.7 Å². The molecule has 0 spiro atoms. The predicted octanol–water partition coefficient (Wildman–Crippen LogP) is 2.04. The summed E-state index contributed by atoms with van der Waals surface area (Å²) in [6, 6.07) is 0. The summed E-state index contributed by atoms with van der Waals surface area (Å²) in [5.41, 5.74) is -0.125. The molecule has 0 aliphatic heterocycles. The van der Waals surface area contributed by atoms with Crippen molar-refractivity contribution in [1.82, 2.24) is 4.98 Å². The summed E-state index contributed by atoms with van der Waals surface area (Å²) in [7, 11) is 0. The Kier molecular flexibility index (Phi) is 2.07. The molecule has 1 heterocycles. The number of thiazole rings is 1. The molecule has 0 radical (unpaired) electrons. The minimum absolute atomic E-state index is 0.125. The first-order valence-electron chi connectivity index (χ1n) is 4.35. The zero-order valence-corrected chi connectivity index (χ0v) is 8.01. The van der Waals surface area contributed by atoms with E-state index in [1.807, 2.05) is 5.38 Å². The highest BCUT2D eigenvalue weighted by Gasteiger charge is 2.42. The summed E-state index contributed by atoms with van der Waals surface area (Å²) in [4.78, 5) is 14.9. The number of aromatic nitrogens is 1. The molecule has 0 saturated heterocycles. The normalized spacial score (nSPS) is 19.4. The van der Waals surface area contributed by atoms with Crippen molar-refractivity contribution in [2.24, 2.45) is 0 Å². The Morgan fingerprint density at radius 2 is 2.46 bits per heavy atom. The molecule has 1 aliphatic carbocycles. The highest BCUT2D eigenvalue weighted by atomic mass is 32.1. The third-order valence-electron chi connectivity index (χ3n) is 2.69. The maximum atomic E-state index is 10.7. The number of carboxylic acids is 1. The third kappa shape index (κ3) is 1.46. The van der Waals surface area contributed by atoms with Gasteiger partial charge in [-0.15, -0.1) is 11.3 Å². The monoisotopic (exact) mass is 197 g/mol. The van der Waals surface area contributed by atoms with Gasteiger partial charge in [0.05, 0.1) is 11.4 Å². The quantitative estimate of drug-likeness (QED) is 0.806. The fourth-order valence-electron chi connectivity index (χ4n) is 1.84. The minimum atomic E-state index is -0.713. The molecule has 4 heteroatoms. The van der Waals surface area contributed by atoms with Crippen LogP contribution in [0, 0.1) is 0 Å². The van der Waals surface area contributed by atoms with Crippen molar-refractivity contribution in [3.8, 4) is 0 Å². The molecule has 1 fully saturated rings. The van der Waals surface area contributed by atoms with E-state index in [4.69, 9.17) is 5.11 Å². The predicted molar refractivity (Wildman–Crippen MR) is 49.9 cm³/mol. The summed E-state index contributed by atoms with van der Waals surface area (Å²) in [5, 5.41) is 11.7. The largest absolute Gasteiger partial charge is 0.481 e. The molecule has 1 aliphatic rings. The van der Waals surface area contributed by atoms with Gasteiger partial charge in [-0.1, -0.05) is 6.42 Å². The number of carboxylic acid groups (broad SMARTS) is 1. The molecule has 3 nitrogen and oxygen atoms in total. The Balaban J connectivity index is 2.20. The molecular weight excluding hydrogens is 186 g/mol. The average molecular weight is 197 g/mol. The highest BCUT2D eigenvalue weighted by molar-refractivity contribution is 7.09. The van der Waals surface area contributed by atoms with Gasteiger partial charge in [0.2, 0.25) is 0 Å². The first-order chi connectivity index (χ1) is 6.23. The molecule has 1 aromatic rings. The molecule has 70 valence electrons. The Labute approximate surface area is 80.4 Å². The minimum Gasteiger partial charge on any atom is -0.481 e. The van der Waals surface area contributed by atoms with Gasteiger partial charge in [-0.25, -0.2) is 4.98 Å². The van der Waals surface area contributed by atoms with Crippen LogP contribution in [-0.2, 0) is 10.2 Å². The molecule has 1 aromatic heterocycles. The number of carbonyl (C=O) groups is 1. The lowest BCUT2D eigenvalue weighted by atomic mass is 9.67. The van der Waals surface area contributed by atoms with Gasteiger partial charge in [0.15, 0.2) is 0 Å². The Morgan fingerprint density at radius 1 is 1.69 bits per heavy atom. The van der Waals surface area contributed by atoms with E-state index in [0.29, 0.717) is 0 Å². The van der Waals surface area contributed by atoms with E-state index in [1.54, 1.807) is 17.5 Å². The zero-order valence-electron chi connectivity index (χ0n) is 7.19. The van der Waals surface area contributed by atoms with E-state index < -0.39 is 5.97 Å². The number of hydrogen-bond acceptors (Lipinski definition) is 3. The van der Waals surface area contributed by atoms with Gasteiger partial charge >= 0.3 is 5.97 Å². The molecule has 0 unspecified atom stereocenters. The third-order valence-corrected chi connectivity index (χ3v) is 3.71. The van der Waals surface area contributed by atoms with Crippen LogP contribution in [0.15, 0.2) is 11.6 Å². The second-order valence-electron chi connectivity index (χ2n) is 3.54. The number of nitrogens with zero attached hydrogens (tertiary/aromatic N) is 1. The summed E-state index contributed by atoms with van der Waals surface area (Å²) < 4.78 is 0. The van der Waals surface area contributed by atoms with Crippen LogP contribution in [0.2, 0.25) is 0 Å². The van der Waals surface area contributed by atoms with Crippen LogP contribution < -0.4 is 0 Å². The van der Waals surface area contributed by atoms with Crippen molar-refractivity contribution in [2.75, 3.05) is 0 Å². The van der Waals surface area contributed by atoms with Gasteiger partial charge in [0.1, 0.15) is 0 Å². The lowest BCUT2D eigenvalue weighted by Gasteiger charge is -2.38. The first-order valence-corrected chi connectivity index (χ1v) is 5.23. The van der Waals surface area contributed by atoms with Crippen LogP contribution >= 0.6 is 11.3 Å². The van der Waals surface area contributed by atoms with Gasteiger partial charge in [0.25, 0.3) is 0 Å². The van der Waals surface area contributed by atoms with Crippen molar-refractivity contribution in [1.29, 1.82) is 0 Å². The van der Waals surface area contributed by atoms with Gasteiger partial charge in [-0.05, 0) is 12.8 Å². The van der Waals surface area contributed by atoms with Crippen LogP contribution in [0.3, 0.4) is 0 Å². The van der Waals surface area contributed by atoms with Crippen molar-refractivity contribution in [3.63, 3.8) is 0 Å². The van der Waals surface area contributed by atoms with Crippen LogP contribution in [0.5, 0.6) is 0 Å². The van der Waals surface area contributed by atoms with Crippen LogP contribution in [0.4, 0.5) is 0 Å². The first kappa shape index (κ1) is 8.69. The summed E-state index contributed by atoms with van der Waals surface area (Å²) in [6.07, 6.45) is 5.08. The fourth-order valence-corrected chi connectivity index (χ4v) is 2.74. The number of aliphatic carboxylic acids is 1. The van der Waals surface area contributed by atoms with Crippen molar-refractivity contribution in [2.45, 2.75) is 31.1 Å². The summed E-state index contributed by atoms with van der Waals surface area (Å²) in [6.45, 7) is 0. The molecule has 1 N–H and O–H groups in total. The Hall–Kier alpha value is -0.900. The van der Waals surface area contributed by atoms with Crippen LogP contribution in [-0.4, -0.2) is 16.1 Å². The smallest absolute Gasteiger partial charge is 0.304 e. The molecular formula is C9H11NO2S. The second kappa shape index (κ2) is 3.10. The molecule has 0 bridgehead atoms. The van der Waals surface area contributed by atoms with E-state index in [-0.39, 0.29) is 11.8 Å². The van der Waals surface area contributed by atoms with Gasteiger partial charge in [0, 0.05) is 17.0 Å². The lowest BCUT2D eigenvalue weighted by molar-refractivity contribution is -0.139. The van der Waals surface area contributed by atoms with Crippen molar-refractivity contribution >= 4 is 17.3 Å². The molecule has 13 heavy (non-hydrogen) atoms. The zero-order chi connectivity index (χ0) is 9.31. The lowest BCUT2D eigenvalue weighted by Crippen LogP contribution is -2.36. The topological polar surface area (TPSA) is 50.2 Å². The average Bonchev–Trinajstić information content (AvgIpc) is 2.48. The number of hydrogen-bond donors (Lipinski definition) is 1. The Bertz CT molecular complexity index is 303. The van der Waals surface area contributed by atoms with E-state index in [9.17, 15) is 4.79 Å². The van der Waals surface area contributed by atoms with E-state index in [2.05, 4.69) is 4.98 Å².